The molecule has 1 atom stereocenters. The summed E-state index contributed by atoms with van der Waals surface area (Å²) in [5.41, 5.74) is 1.08. The molecule has 1 heterocycles. The zero-order valence-corrected chi connectivity index (χ0v) is 14.0. The van der Waals surface area contributed by atoms with Gasteiger partial charge in [-0.3, -0.25) is 4.79 Å². The second kappa shape index (κ2) is 8.39. The van der Waals surface area contributed by atoms with Crippen LogP contribution in [0.2, 0.25) is 0 Å². The minimum atomic E-state index is -0.376. The predicted molar refractivity (Wildman–Crippen MR) is 87.4 cm³/mol. The number of carbonyl (C=O) groups excluding carboxylic acids is 1. The van der Waals surface area contributed by atoms with Crippen LogP contribution in [0.25, 0.3) is 0 Å². The van der Waals surface area contributed by atoms with Gasteiger partial charge >= 0.3 is 0 Å². The number of nitrogens with one attached hydrogen (secondary N) is 2. The molecule has 1 aliphatic rings. The molecule has 5 heteroatoms. The number of rotatable bonds is 6. The van der Waals surface area contributed by atoms with Gasteiger partial charge in [0.15, 0.2) is 6.10 Å². The number of ether oxygens (including phenoxy) is 1. The molecule has 4 nitrogen and oxygen atoms in total. The average Bonchev–Trinajstić information content (AvgIpc) is 2.67. The lowest BCUT2D eigenvalue weighted by molar-refractivity contribution is -0.127. The maximum atomic E-state index is 12.0. The Morgan fingerprint density at radius 3 is 3.10 bits per heavy atom. The lowest BCUT2D eigenvalue weighted by Crippen LogP contribution is -2.36. The summed E-state index contributed by atoms with van der Waals surface area (Å²) >= 11 is 3.49. The van der Waals surface area contributed by atoms with Crippen molar-refractivity contribution in [1.82, 2.24) is 10.6 Å². The summed E-state index contributed by atoms with van der Waals surface area (Å²) in [5, 5.41) is 6.29. The van der Waals surface area contributed by atoms with E-state index in [2.05, 4.69) is 33.5 Å². The van der Waals surface area contributed by atoms with E-state index in [0.29, 0.717) is 0 Å². The maximum Gasteiger partial charge on any atom is 0.261 e. The summed E-state index contributed by atoms with van der Waals surface area (Å²) in [7, 11) is 0. The van der Waals surface area contributed by atoms with Gasteiger partial charge in [-0.05, 0) is 50.4 Å². The average molecular weight is 355 g/mol. The molecule has 0 spiro atoms. The van der Waals surface area contributed by atoms with Gasteiger partial charge in [0.2, 0.25) is 0 Å². The topological polar surface area (TPSA) is 50.4 Å². The second-order valence-corrected chi connectivity index (χ2v) is 6.24. The molecule has 0 aliphatic carbocycles. The molecular formula is C16H23BrN2O2. The Balaban J connectivity index is 2.08. The Bertz CT molecular complexity index is 479. The minimum absolute atomic E-state index is 0.00267. The first kappa shape index (κ1) is 16.3. The number of carbonyl (C=O) groups is 1. The van der Waals surface area contributed by atoms with Crippen LogP contribution in [0, 0.1) is 0 Å². The number of benzene rings is 1. The molecule has 2 rings (SSSR count). The fourth-order valence-electron chi connectivity index (χ4n) is 2.38. The van der Waals surface area contributed by atoms with Gasteiger partial charge in [-0.15, -0.1) is 0 Å². The predicted octanol–water partition coefficient (Wildman–Crippen LogP) is 3.00. The number of hydrogen-bond acceptors (Lipinski definition) is 3. The molecule has 1 fully saturated rings. The van der Waals surface area contributed by atoms with Crippen molar-refractivity contribution in [2.75, 3.05) is 13.1 Å². The maximum absolute atomic E-state index is 12.0. The van der Waals surface area contributed by atoms with E-state index in [0.717, 1.165) is 61.1 Å². The van der Waals surface area contributed by atoms with Crippen molar-refractivity contribution >= 4 is 21.8 Å². The lowest BCUT2D eigenvalue weighted by Gasteiger charge is -2.19. The second-order valence-electron chi connectivity index (χ2n) is 5.32. The largest absolute Gasteiger partial charge is 0.480 e. The summed E-state index contributed by atoms with van der Waals surface area (Å²) in [5.74, 6) is 0.798. The molecule has 1 aromatic rings. The highest BCUT2D eigenvalue weighted by Crippen LogP contribution is 2.25. The van der Waals surface area contributed by atoms with Gasteiger partial charge in [0.05, 0.1) is 0 Å². The molecule has 1 saturated heterocycles. The zero-order valence-electron chi connectivity index (χ0n) is 12.5. The van der Waals surface area contributed by atoms with E-state index in [1.165, 1.54) is 0 Å². The van der Waals surface area contributed by atoms with Gasteiger partial charge in [-0.2, -0.15) is 0 Å². The van der Waals surface area contributed by atoms with Gasteiger partial charge in [0.1, 0.15) is 5.75 Å². The summed E-state index contributed by atoms with van der Waals surface area (Å²) in [6, 6.07) is 5.94. The van der Waals surface area contributed by atoms with E-state index in [1.807, 2.05) is 18.2 Å². The normalized spacial score (nSPS) is 19.0. The van der Waals surface area contributed by atoms with Crippen LogP contribution in [0.1, 0.15) is 38.2 Å². The van der Waals surface area contributed by atoms with Gasteiger partial charge in [-0.1, -0.05) is 22.9 Å². The van der Waals surface area contributed by atoms with Crippen molar-refractivity contribution in [3.63, 3.8) is 0 Å². The zero-order chi connectivity index (χ0) is 15.1. The van der Waals surface area contributed by atoms with Crippen molar-refractivity contribution in [2.45, 2.75) is 45.3 Å². The van der Waals surface area contributed by atoms with E-state index in [9.17, 15) is 4.79 Å². The molecule has 0 aromatic heterocycles. The van der Waals surface area contributed by atoms with Gasteiger partial charge in [0, 0.05) is 23.1 Å². The van der Waals surface area contributed by atoms with Crippen LogP contribution in [-0.2, 0) is 11.3 Å². The molecule has 0 saturated carbocycles. The van der Waals surface area contributed by atoms with Crippen molar-refractivity contribution in [3.8, 4) is 5.75 Å². The highest BCUT2D eigenvalue weighted by molar-refractivity contribution is 9.10. The molecule has 0 radical (unpaired) electrons. The van der Waals surface area contributed by atoms with E-state index in [4.69, 9.17) is 4.74 Å². The summed E-state index contributed by atoms with van der Waals surface area (Å²) in [6.07, 6.45) is 3.54. The standard InChI is InChI=1S/C16H23BrN2O2/c1-2-8-18-11-12-10-13(17)6-7-14(12)21-15-5-3-4-9-19-16(15)20/h6-7,10,15,18H,2-5,8-9,11H2,1H3,(H,19,20). The molecule has 1 unspecified atom stereocenters. The van der Waals surface area contributed by atoms with Crippen LogP contribution in [0.15, 0.2) is 22.7 Å². The van der Waals surface area contributed by atoms with Crippen LogP contribution >= 0.6 is 15.9 Å². The molecule has 0 bridgehead atoms. The molecule has 1 aliphatic heterocycles. The first-order valence-electron chi connectivity index (χ1n) is 7.64. The highest BCUT2D eigenvalue weighted by Gasteiger charge is 2.23. The fourth-order valence-corrected chi connectivity index (χ4v) is 2.79. The summed E-state index contributed by atoms with van der Waals surface area (Å²) < 4.78 is 7.01. The molecule has 21 heavy (non-hydrogen) atoms. The van der Waals surface area contributed by atoms with E-state index in [-0.39, 0.29) is 12.0 Å². The number of hydrogen-bond donors (Lipinski definition) is 2. The number of halogens is 1. The summed E-state index contributed by atoms with van der Waals surface area (Å²) in [6.45, 7) is 4.61. The first-order chi connectivity index (χ1) is 10.2. The first-order valence-corrected chi connectivity index (χ1v) is 8.43. The van der Waals surface area contributed by atoms with Gasteiger partial charge in [-0.25, -0.2) is 0 Å². The third-order valence-corrected chi connectivity index (χ3v) is 4.01. The summed E-state index contributed by atoms with van der Waals surface area (Å²) in [4.78, 5) is 12.0. The SMILES string of the molecule is CCCNCc1cc(Br)ccc1OC1CCCCNC1=O. The lowest BCUT2D eigenvalue weighted by atomic mass is 10.1. The van der Waals surface area contributed by atoms with Crippen LogP contribution in [0.5, 0.6) is 5.75 Å². The molecule has 116 valence electrons. The van der Waals surface area contributed by atoms with Crippen LogP contribution in [-0.4, -0.2) is 25.1 Å². The Labute approximate surface area is 134 Å². The van der Waals surface area contributed by atoms with E-state index < -0.39 is 0 Å². The minimum Gasteiger partial charge on any atom is -0.480 e. The molecular weight excluding hydrogens is 332 g/mol. The van der Waals surface area contributed by atoms with Crippen molar-refractivity contribution in [3.05, 3.63) is 28.2 Å². The molecule has 1 amide bonds. The Kier molecular flexibility index (Phi) is 6.51. The number of amides is 1. The van der Waals surface area contributed by atoms with Crippen molar-refractivity contribution in [1.29, 1.82) is 0 Å². The monoisotopic (exact) mass is 354 g/mol. The van der Waals surface area contributed by atoms with Crippen molar-refractivity contribution in [2.24, 2.45) is 0 Å². The van der Waals surface area contributed by atoms with Gasteiger partial charge in [0.25, 0.3) is 5.91 Å². The van der Waals surface area contributed by atoms with E-state index in [1.54, 1.807) is 0 Å². The quantitative estimate of drug-likeness (QED) is 0.772. The van der Waals surface area contributed by atoms with Crippen LogP contribution < -0.4 is 15.4 Å². The highest BCUT2D eigenvalue weighted by atomic mass is 79.9. The van der Waals surface area contributed by atoms with Crippen molar-refractivity contribution < 1.29 is 9.53 Å². The smallest absolute Gasteiger partial charge is 0.261 e. The molecule has 2 N–H and O–H groups in total. The van der Waals surface area contributed by atoms with E-state index >= 15 is 0 Å². The Morgan fingerprint density at radius 2 is 2.29 bits per heavy atom. The third kappa shape index (κ3) is 5.00. The Morgan fingerprint density at radius 1 is 1.43 bits per heavy atom. The Hall–Kier alpha value is -1.07. The third-order valence-electron chi connectivity index (χ3n) is 3.52. The van der Waals surface area contributed by atoms with Gasteiger partial charge < -0.3 is 15.4 Å². The molecule has 1 aromatic carbocycles. The fraction of sp³-hybridized carbons (Fsp3) is 0.562. The van der Waals surface area contributed by atoms with Crippen LogP contribution in [0.3, 0.4) is 0 Å². The van der Waals surface area contributed by atoms with Crippen LogP contribution in [0.4, 0.5) is 0 Å².